The van der Waals surface area contributed by atoms with Gasteiger partial charge in [-0.1, -0.05) is 24.3 Å². The number of hydrazone groups is 1. The van der Waals surface area contributed by atoms with Crippen molar-refractivity contribution in [1.29, 1.82) is 0 Å². The van der Waals surface area contributed by atoms with Gasteiger partial charge in [0.15, 0.2) is 0 Å². The van der Waals surface area contributed by atoms with Crippen molar-refractivity contribution in [2.45, 2.75) is 13.8 Å². The fourth-order valence-electron chi connectivity index (χ4n) is 1.28. The standard InChI is InChI=1S/C11H13N3O/c1-8-6-4-5-7-10(8)9(2)13-11(15)14-12-3/h4-7H,3H2,1-2H3,(H,14,15). The van der Waals surface area contributed by atoms with E-state index < -0.39 is 6.03 Å². The molecule has 15 heavy (non-hydrogen) atoms. The molecule has 78 valence electrons. The Morgan fingerprint density at radius 2 is 2.07 bits per heavy atom. The van der Waals surface area contributed by atoms with Crippen molar-refractivity contribution in [3.8, 4) is 0 Å². The minimum Gasteiger partial charge on any atom is -0.244 e. The second kappa shape index (κ2) is 5.05. The van der Waals surface area contributed by atoms with E-state index in [1.807, 2.05) is 31.2 Å². The number of aryl methyl sites for hydroxylation is 1. The Kier molecular flexibility index (Phi) is 3.74. The molecule has 0 aliphatic carbocycles. The average Bonchev–Trinajstić information content (AvgIpc) is 2.18. The van der Waals surface area contributed by atoms with Gasteiger partial charge in [0.05, 0.1) is 5.71 Å². The van der Waals surface area contributed by atoms with E-state index in [1.165, 1.54) is 0 Å². The van der Waals surface area contributed by atoms with Crippen LogP contribution >= 0.6 is 0 Å². The molecule has 0 saturated carbocycles. The van der Waals surface area contributed by atoms with E-state index in [-0.39, 0.29) is 0 Å². The highest BCUT2D eigenvalue weighted by Gasteiger charge is 2.02. The number of amides is 2. The van der Waals surface area contributed by atoms with Crippen LogP contribution in [-0.2, 0) is 0 Å². The van der Waals surface area contributed by atoms with E-state index in [0.29, 0.717) is 5.71 Å². The molecule has 0 spiro atoms. The van der Waals surface area contributed by atoms with Gasteiger partial charge in [0.2, 0.25) is 0 Å². The highest BCUT2D eigenvalue weighted by molar-refractivity contribution is 6.05. The molecule has 4 nitrogen and oxygen atoms in total. The van der Waals surface area contributed by atoms with Gasteiger partial charge in [-0.3, -0.25) is 0 Å². The first kappa shape index (κ1) is 11.1. The van der Waals surface area contributed by atoms with Crippen molar-refractivity contribution < 1.29 is 4.79 Å². The molecule has 0 fully saturated rings. The summed E-state index contributed by atoms with van der Waals surface area (Å²) in [6.45, 7) is 6.90. The van der Waals surface area contributed by atoms with Crippen LogP contribution in [0.2, 0.25) is 0 Å². The lowest BCUT2D eigenvalue weighted by molar-refractivity contribution is 0.250. The van der Waals surface area contributed by atoms with Crippen LogP contribution in [-0.4, -0.2) is 18.5 Å². The number of carbonyl (C=O) groups is 1. The zero-order valence-corrected chi connectivity index (χ0v) is 8.82. The number of hydrogen-bond acceptors (Lipinski definition) is 2. The molecule has 0 aromatic heterocycles. The molecular formula is C11H13N3O. The van der Waals surface area contributed by atoms with Crippen molar-refractivity contribution >= 4 is 18.5 Å². The minimum absolute atomic E-state index is 0.509. The molecular weight excluding hydrogens is 190 g/mol. The van der Waals surface area contributed by atoms with Crippen LogP contribution in [0.5, 0.6) is 0 Å². The number of benzene rings is 1. The molecule has 0 heterocycles. The Bertz CT molecular complexity index is 410. The maximum Gasteiger partial charge on any atom is 0.361 e. The normalized spacial score (nSPS) is 10.9. The molecule has 1 aromatic rings. The maximum absolute atomic E-state index is 11.1. The van der Waals surface area contributed by atoms with Gasteiger partial charge in [-0.25, -0.2) is 10.2 Å². The van der Waals surface area contributed by atoms with E-state index in [9.17, 15) is 4.79 Å². The largest absolute Gasteiger partial charge is 0.361 e. The summed E-state index contributed by atoms with van der Waals surface area (Å²) in [4.78, 5) is 14.9. The van der Waals surface area contributed by atoms with Crippen molar-refractivity contribution in [2.24, 2.45) is 10.1 Å². The lowest BCUT2D eigenvalue weighted by Gasteiger charge is -2.03. The van der Waals surface area contributed by atoms with Gasteiger partial charge in [0.25, 0.3) is 0 Å². The highest BCUT2D eigenvalue weighted by Crippen LogP contribution is 2.08. The van der Waals surface area contributed by atoms with Crippen molar-refractivity contribution in [3.05, 3.63) is 35.4 Å². The first-order chi connectivity index (χ1) is 7.15. The highest BCUT2D eigenvalue weighted by atomic mass is 16.2. The van der Waals surface area contributed by atoms with Gasteiger partial charge >= 0.3 is 6.03 Å². The van der Waals surface area contributed by atoms with Crippen LogP contribution in [0.4, 0.5) is 4.79 Å². The summed E-state index contributed by atoms with van der Waals surface area (Å²) in [6.07, 6.45) is 0. The Morgan fingerprint density at radius 1 is 1.40 bits per heavy atom. The van der Waals surface area contributed by atoms with Gasteiger partial charge in [-0.15, -0.1) is 0 Å². The van der Waals surface area contributed by atoms with Crippen LogP contribution in [0, 0.1) is 6.92 Å². The summed E-state index contributed by atoms with van der Waals surface area (Å²) >= 11 is 0. The number of nitrogens with one attached hydrogen (secondary N) is 1. The Morgan fingerprint density at radius 3 is 2.67 bits per heavy atom. The summed E-state index contributed by atoms with van der Waals surface area (Å²) in [6, 6.07) is 7.23. The third-order valence-corrected chi connectivity index (χ3v) is 1.98. The molecule has 1 N–H and O–H groups in total. The number of carbonyl (C=O) groups excluding carboxylic acids is 1. The number of aliphatic imine (C=N–C) groups is 1. The van der Waals surface area contributed by atoms with Crippen molar-refractivity contribution in [3.63, 3.8) is 0 Å². The average molecular weight is 203 g/mol. The summed E-state index contributed by atoms with van der Waals surface area (Å²) < 4.78 is 0. The van der Waals surface area contributed by atoms with E-state index in [0.717, 1.165) is 11.1 Å². The van der Waals surface area contributed by atoms with Crippen LogP contribution in [0.25, 0.3) is 0 Å². The summed E-state index contributed by atoms with van der Waals surface area (Å²) in [7, 11) is 0. The Labute approximate surface area is 88.7 Å². The van der Waals surface area contributed by atoms with E-state index >= 15 is 0 Å². The van der Waals surface area contributed by atoms with E-state index in [2.05, 4.69) is 22.2 Å². The van der Waals surface area contributed by atoms with Gasteiger partial charge in [-0.2, -0.15) is 10.1 Å². The monoisotopic (exact) mass is 203 g/mol. The molecule has 0 aliphatic heterocycles. The molecule has 0 unspecified atom stereocenters. The summed E-state index contributed by atoms with van der Waals surface area (Å²) in [5.41, 5.74) is 4.85. The zero-order chi connectivity index (χ0) is 11.3. The number of urea groups is 1. The van der Waals surface area contributed by atoms with Crippen molar-refractivity contribution in [2.75, 3.05) is 0 Å². The first-order valence-electron chi connectivity index (χ1n) is 4.52. The predicted molar refractivity (Wildman–Crippen MR) is 61.5 cm³/mol. The second-order valence-electron chi connectivity index (χ2n) is 3.09. The molecule has 0 radical (unpaired) electrons. The fourth-order valence-corrected chi connectivity index (χ4v) is 1.28. The van der Waals surface area contributed by atoms with Crippen LogP contribution < -0.4 is 5.43 Å². The zero-order valence-electron chi connectivity index (χ0n) is 8.82. The fraction of sp³-hybridized carbons (Fsp3) is 0.182. The van der Waals surface area contributed by atoms with Crippen LogP contribution in [0.1, 0.15) is 18.1 Å². The minimum atomic E-state index is -0.509. The lowest BCUT2D eigenvalue weighted by Crippen LogP contribution is -2.14. The van der Waals surface area contributed by atoms with Crippen LogP contribution in [0.15, 0.2) is 34.4 Å². The van der Waals surface area contributed by atoms with Gasteiger partial charge in [0, 0.05) is 6.72 Å². The number of hydrogen-bond donors (Lipinski definition) is 1. The second-order valence-corrected chi connectivity index (χ2v) is 3.09. The molecule has 2 amide bonds. The molecule has 4 heteroatoms. The topological polar surface area (TPSA) is 53.8 Å². The third-order valence-electron chi connectivity index (χ3n) is 1.98. The molecule has 0 saturated heterocycles. The maximum atomic E-state index is 11.1. The van der Waals surface area contributed by atoms with Crippen molar-refractivity contribution in [1.82, 2.24) is 5.43 Å². The molecule has 0 aliphatic rings. The first-order valence-corrected chi connectivity index (χ1v) is 4.52. The molecule has 0 bridgehead atoms. The van der Waals surface area contributed by atoms with E-state index in [4.69, 9.17) is 0 Å². The van der Waals surface area contributed by atoms with E-state index in [1.54, 1.807) is 6.92 Å². The molecule has 1 rings (SSSR count). The Balaban J connectivity index is 2.94. The summed E-state index contributed by atoms with van der Waals surface area (Å²) in [5, 5.41) is 3.25. The van der Waals surface area contributed by atoms with Gasteiger partial charge < -0.3 is 0 Å². The smallest absolute Gasteiger partial charge is 0.244 e. The quantitative estimate of drug-likeness (QED) is 0.581. The molecule has 1 aromatic carbocycles. The molecule has 0 atom stereocenters. The summed E-state index contributed by atoms with van der Waals surface area (Å²) in [5.74, 6) is 0. The third kappa shape index (κ3) is 3.02. The SMILES string of the molecule is C=NNC(=O)N=C(C)c1ccccc1C. The number of rotatable bonds is 2. The number of nitrogens with zero attached hydrogens (tertiary/aromatic N) is 2. The van der Waals surface area contributed by atoms with Gasteiger partial charge in [0.1, 0.15) is 0 Å². The van der Waals surface area contributed by atoms with Crippen LogP contribution in [0.3, 0.4) is 0 Å². The lowest BCUT2D eigenvalue weighted by atomic mass is 10.1. The Hall–Kier alpha value is -1.97. The van der Waals surface area contributed by atoms with Gasteiger partial charge in [-0.05, 0) is 25.0 Å². The predicted octanol–water partition coefficient (Wildman–Crippen LogP) is 2.13.